The van der Waals surface area contributed by atoms with Crippen molar-refractivity contribution in [1.29, 1.82) is 0 Å². The number of rotatable bonds is 8. The van der Waals surface area contributed by atoms with Crippen molar-refractivity contribution in [2.75, 3.05) is 0 Å². The van der Waals surface area contributed by atoms with E-state index in [1.54, 1.807) is 0 Å². The maximum atomic E-state index is 14.0. The molecule has 0 atom stereocenters. The van der Waals surface area contributed by atoms with Crippen molar-refractivity contribution in [3.8, 4) is 0 Å². The maximum absolute atomic E-state index is 14.0. The van der Waals surface area contributed by atoms with Crippen molar-refractivity contribution in [2.24, 2.45) is 0 Å². The summed E-state index contributed by atoms with van der Waals surface area (Å²) in [6.07, 6.45) is -7.83. The number of hydrogen-bond acceptors (Lipinski definition) is 2. The van der Waals surface area contributed by atoms with Gasteiger partial charge in [0.15, 0.2) is 0 Å². The van der Waals surface area contributed by atoms with Crippen LogP contribution in [0, 0.1) is 0 Å². The van der Waals surface area contributed by atoms with Gasteiger partial charge in [-0.2, -0.15) is 74.6 Å². The van der Waals surface area contributed by atoms with Crippen LogP contribution < -0.4 is 0 Å². The zero-order chi connectivity index (χ0) is 28.5. The lowest BCUT2D eigenvalue weighted by Crippen LogP contribution is -2.74. The van der Waals surface area contributed by atoms with Gasteiger partial charge in [0, 0.05) is 16.2 Å². The molecule has 0 N–H and O–H groups in total. The first-order valence-electron chi connectivity index (χ1n) is 7.73. The molecule has 2 nitrogen and oxygen atoms in total. The van der Waals surface area contributed by atoms with Crippen LogP contribution in [0.25, 0.3) is 0 Å². The van der Waals surface area contributed by atoms with E-state index < -0.39 is 79.3 Å². The lowest BCUT2D eigenvalue weighted by atomic mass is 9.87. The Hall–Kier alpha value is -1.73. The molecule has 0 saturated carbocycles. The summed E-state index contributed by atoms with van der Waals surface area (Å²) in [5.74, 6) is -57.4. The minimum atomic E-state index is -8.72. The Bertz CT molecular complexity index is 1040. The highest BCUT2D eigenvalue weighted by molar-refractivity contribution is 8.13. The number of halogens is 18. The van der Waals surface area contributed by atoms with Crippen LogP contribution in [-0.4, -0.2) is 50.1 Å². The molecule has 1 aromatic rings. The molecule has 0 aliphatic carbocycles. The molecule has 0 saturated heterocycles. The average Bonchev–Trinajstić information content (AvgIpc) is 2.65. The fourth-order valence-electron chi connectivity index (χ4n) is 2.17. The third-order valence-corrected chi connectivity index (χ3v) is 5.59. The van der Waals surface area contributed by atoms with Crippen molar-refractivity contribution < 1.29 is 83.1 Å². The Labute approximate surface area is 186 Å². The van der Waals surface area contributed by atoms with E-state index in [0.29, 0.717) is 0 Å². The summed E-state index contributed by atoms with van der Waals surface area (Å²) in [6.45, 7) is 0. The summed E-state index contributed by atoms with van der Waals surface area (Å²) in [5, 5.41) is 0. The first-order chi connectivity index (χ1) is 15.0. The first kappa shape index (κ1) is 31.3. The maximum Gasteiger partial charge on any atom is 0.460 e. The first-order valence-corrected chi connectivity index (χ1v) is 10.0. The van der Waals surface area contributed by atoms with E-state index in [4.69, 9.17) is 10.7 Å². The molecule has 0 aliphatic rings. The molecule has 0 fully saturated rings. The van der Waals surface area contributed by atoms with Crippen LogP contribution in [0.5, 0.6) is 0 Å². The Kier molecular flexibility index (Phi) is 7.28. The van der Waals surface area contributed by atoms with Crippen LogP contribution in [0.1, 0.15) is 5.56 Å². The molecule has 0 unspecified atom stereocenters. The molecule has 35 heavy (non-hydrogen) atoms. The summed E-state index contributed by atoms with van der Waals surface area (Å²) in [6, 6.07) is -1.18. The van der Waals surface area contributed by atoms with Gasteiger partial charge in [0.05, 0.1) is 4.90 Å². The Morgan fingerprint density at radius 3 is 1.06 bits per heavy atom. The van der Waals surface area contributed by atoms with E-state index in [1.165, 1.54) is 0 Å². The minimum absolute atomic E-state index is 0.107. The summed E-state index contributed by atoms with van der Waals surface area (Å²) in [4.78, 5) is -1.18. The van der Waals surface area contributed by atoms with Gasteiger partial charge in [-0.3, -0.25) is 0 Å². The Balaban J connectivity index is 3.72. The van der Waals surface area contributed by atoms with Crippen LogP contribution in [0.2, 0.25) is 0 Å². The molecule has 0 heterocycles. The highest BCUT2D eigenvalue weighted by Gasteiger charge is 2.95. The Morgan fingerprint density at radius 1 is 0.486 bits per heavy atom. The molecule has 0 amide bonds. The molecule has 0 aliphatic heterocycles. The van der Waals surface area contributed by atoms with Gasteiger partial charge in [0.2, 0.25) is 0 Å². The van der Waals surface area contributed by atoms with Crippen LogP contribution in [0.15, 0.2) is 29.2 Å². The second kappa shape index (κ2) is 8.14. The van der Waals surface area contributed by atoms with E-state index in [0.717, 1.165) is 0 Å². The topological polar surface area (TPSA) is 34.1 Å². The highest BCUT2D eigenvalue weighted by atomic mass is 35.7. The monoisotopic (exact) mass is 594 g/mol. The molecule has 1 rings (SSSR count). The molecule has 0 radical (unpaired) electrons. The molecular weight excluding hydrogens is 591 g/mol. The van der Waals surface area contributed by atoms with Crippen LogP contribution in [0.3, 0.4) is 0 Å². The van der Waals surface area contributed by atoms with Gasteiger partial charge in [0.25, 0.3) is 9.05 Å². The summed E-state index contributed by atoms with van der Waals surface area (Å²) in [7, 11) is -0.0568. The van der Waals surface area contributed by atoms with Crippen molar-refractivity contribution in [3.63, 3.8) is 0 Å². The predicted octanol–water partition coefficient (Wildman–Crippen LogP) is 7.08. The lowest BCUT2D eigenvalue weighted by Gasteiger charge is -2.42. The smallest absolute Gasteiger partial charge is 0.207 e. The van der Waals surface area contributed by atoms with E-state index in [1.807, 2.05) is 0 Å². The van der Waals surface area contributed by atoms with Crippen molar-refractivity contribution in [1.82, 2.24) is 0 Å². The van der Waals surface area contributed by atoms with E-state index in [2.05, 4.69) is 0 Å². The number of hydrogen-bond donors (Lipinski definition) is 0. The zero-order valence-corrected chi connectivity index (χ0v) is 16.9. The molecule has 204 valence electrons. The summed E-state index contributed by atoms with van der Waals surface area (Å²) >= 11 is 0. The second-order valence-corrected chi connectivity index (χ2v) is 9.05. The lowest BCUT2D eigenvalue weighted by molar-refractivity contribution is -0.462. The van der Waals surface area contributed by atoms with Crippen molar-refractivity contribution >= 4 is 19.7 Å². The molecular formula is C14H4ClF17O2S. The minimum Gasteiger partial charge on any atom is -0.207 e. The normalized spacial score (nSPS) is 15.9. The molecule has 0 aromatic heterocycles. The van der Waals surface area contributed by atoms with Gasteiger partial charge in [-0.15, -0.1) is 0 Å². The average molecular weight is 595 g/mol. The molecule has 0 bridgehead atoms. The van der Waals surface area contributed by atoms with E-state index >= 15 is 0 Å². The second-order valence-electron chi connectivity index (χ2n) is 6.48. The standard InChI is InChI=1S/C14H4ClF17O2S/c15-35(33,34)6-3-1-5(2-4-6)7(16,17)8(18,19)9(20,21)10(22,23)11(24,25)12(26,27)13(28,29)14(30,31)32/h1-4H. The van der Waals surface area contributed by atoms with Gasteiger partial charge in [-0.05, 0) is 12.1 Å². The summed E-state index contributed by atoms with van der Waals surface area (Å²) < 4.78 is 247. The van der Waals surface area contributed by atoms with Crippen molar-refractivity contribution in [3.05, 3.63) is 29.8 Å². The SMILES string of the molecule is O=S(=O)(Cl)c1ccc(C(F)(F)C(F)(F)C(F)(F)C(F)(F)C(F)(F)C(F)(F)C(F)(F)C(F)(F)F)cc1. The largest absolute Gasteiger partial charge is 0.460 e. The van der Waals surface area contributed by atoms with E-state index in [9.17, 15) is 83.1 Å². The quantitative estimate of drug-likeness (QED) is 0.238. The van der Waals surface area contributed by atoms with E-state index in [-0.39, 0.29) is 12.1 Å². The molecule has 0 spiro atoms. The van der Waals surface area contributed by atoms with Gasteiger partial charge in [-0.1, -0.05) is 12.1 Å². The van der Waals surface area contributed by atoms with Crippen LogP contribution in [-0.2, 0) is 15.0 Å². The van der Waals surface area contributed by atoms with Gasteiger partial charge in [0.1, 0.15) is 0 Å². The fraction of sp³-hybridized carbons (Fsp3) is 0.571. The van der Waals surface area contributed by atoms with Gasteiger partial charge >= 0.3 is 47.6 Å². The predicted molar refractivity (Wildman–Crippen MR) is 79.1 cm³/mol. The van der Waals surface area contributed by atoms with Crippen LogP contribution in [0.4, 0.5) is 74.6 Å². The Morgan fingerprint density at radius 2 is 0.771 bits per heavy atom. The zero-order valence-electron chi connectivity index (χ0n) is 15.3. The number of alkyl halides is 17. The third-order valence-electron chi connectivity index (χ3n) is 4.22. The molecule has 1 aromatic carbocycles. The van der Waals surface area contributed by atoms with Gasteiger partial charge in [-0.25, -0.2) is 8.42 Å². The molecule has 21 heteroatoms. The van der Waals surface area contributed by atoms with Crippen molar-refractivity contribution in [2.45, 2.75) is 52.5 Å². The fourth-order valence-corrected chi connectivity index (χ4v) is 2.94. The third kappa shape index (κ3) is 4.26. The number of benzene rings is 1. The van der Waals surface area contributed by atoms with Gasteiger partial charge < -0.3 is 0 Å². The summed E-state index contributed by atoms with van der Waals surface area (Å²) in [5.41, 5.74) is -2.54. The van der Waals surface area contributed by atoms with Crippen LogP contribution >= 0.6 is 10.7 Å². The highest BCUT2D eigenvalue weighted by Crippen LogP contribution is 2.65.